The highest BCUT2D eigenvalue weighted by Crippen LogP contribution is 2.25. The van der Waals surface area contributed by atoms with E-state index in [1.165, 1.54) is 32.9 Å². The van der Waals surface area contributed by atoms with Crippen molar-refractivity contribution in [2.45, 2.75) is 41.9 Å². The van der Waals surface area contributed by atoms with Crippen LogP contribution in [-0.4, -0.2) is 64.1 Å². The molecule has 2 fully saturated rings. The lowest BCUT2D eigenvalue weighted by Gasteiger charge is -2.31. The lowest BCUT2D eigenvalue weighted by molar-refractivity contribution is -0.126. The zero-order valence-electron chi connectivity index (χ0n) is 19.4. The van der Waals surface area contributed by atoms with Gasteiger partial charge in [0.2, 0.25) is 26.0 Å². The lowest BCUT2D eigenvalue weighted by atomic mass is 9.99. The summed E-state index contributed by atoms with van der Waals surface area (Å²) < 4.78 is 54.1. The van der Waals surface area contributed by atoms with Crippen molar-refractivity contribution in [3.63, 3.8) is 0 Å². The SMILES string of the molecule is O=C(NCCc1ccc(S(=O)(=O)N2CCCC2)cc1)[C@@H]1CCCN(S(=O)(=O)c2ccc(Cl)cc2)C1. The van der Waals surface area contributed by atoms with Crippen molar-refractivity contribution in [3.05, 3.63) is 59.1 Å². The van der Waals surface area contributed by atoms with Crippen LogP contribution in [0.3, 0.4) is 0 Å². The number of rotatable bonds is 8. The van der Waals surface area contributed by atoms with Crippen LogP contribution in [0, 0.1) is 5.92 Å². The smallest absolute Gasteiger partial charge is 0.243 e. The Morgan fingerprint density at radius 2 is 1.37 bits per heavy atom. The molecule has 0 bridgehead atoms. The molecule has 0 aromatic heterocycles. The molecule has 2 saturated heterocycles. The maximum absolute atomic E-state index is 13.0. The number of sulfonamides is 2. The fourth-order valence-electron chi connectivity index (χ4n) is 4.51. The summed E-state index contributed by atoms with van der Waals surface area (Å²) in [5.41, 5.74) is 0.918. The topological polar surface area (TPSA) is 104 Å². The van der Waals surface area contributed by atoms with E-state index in [4.69, 9.17) is 11.6 Å². The molecule has 190 valence electrons. The highest BCUT2D eigenvalue weighted by molar-refractivity contribution is 7.89. The first-order valence-electron chi connectivity index (χ1n) is 11.8. The van der Waals surface area contributed by atoms with Crippen LogP contribution < -0.4 is 5.32 Å². The number of nitrogens with zero attached hydrogens (tertiary/aromatic N) is 2. The fraction of sp³-hybridized carbons (Fsp3) is 0.458. The van der Waals surface area contributed by atoms with Crippen molar-refractivity contribution >= 4 is 37.6 Å². The van der Waals surface area contributed by atoms with Crippen molar-refractivity contribution in [3.8, 4) is 0 Å². The van der Waals surface area contributed by atoms with Crippen LogP contribution in [0.5, 0.6) is 0 Å². The van der Waals surface area contributed by atoms with E-state index >= 15 is 0 Å². The summed E-state index contributed by atoms with van der Waals surface area (Å²) in [5, 5.41) is 3.37. The number of piperidine rings is 1. The molecule has 35 heavy (non-hydrogen) atoms. The Morgan fingerprint density at radius 1 is 0.829 bits per heavy atom. The molecule has 0 spiro atoms. The molecule has 2 aliphatic heterocycles. The number of carbonyl (C=O) groups excluding carboxylic acids is 1. The van der Waals surface area contributed by atoms with Crippen LogP contribution in [0.25, 0.3) is 0 Å². The summed E-state index contributed by atoms with van der Waals surface area (Å²) >= 11 is 5.87. The average molecular weight is 540 g/mol. The molecule has 2 aromatic carbocycles. The van der Waals surface area contributed by atoms with Gasteiger partial charge in [-0.05, 0) is 74.1 Å². The van der Waals surface area contributed by atoms with Gasteiger partial charge in [0.15, 0.2) is 0 Å². The molecule has 8 nitrogen and oxygen atoms in total. The van der Waals surface area contributed by atoms with E-state index < -0.39 is 26.0 Å². The quantitative estimate of drug-likeness (QED) is 0.555. The third-order valence-corrected chi connectivity index (χ3v) is 10.6. The third kappa shape index (κ3) is 6.06. The number of hydrogen-bond acceptors (Lipinski definition) is 5. The van der Waals surface area contributed by atoms with Crippen LogP contribution in [0.4, 0.5) is 0 Å². The van der Waals surface area contributed by atoms with Gasteiger partial charge in [0.1, 0.15) is 0 Å². The van der Waals surface area contributed by atoms with Crippen LogP contribution in [0.2, 0.25) is 5.02 Å². The third-order valence-electron chi connectivity index (χ3n) is 6.55. The lowest BCUT2D eigenvalue weighted by Crippen LogP contribution is -2.45. The van der Waals surface area contributed by atoms with E-state index in [9.17, 15) is 21.6 Å². The van der Waals surface area contributed by atoms with Gasteiger partial charge < -0.3 is 5.32 Å². The maximum atomic E-state index is 13.0. The minimum Gasteiger partial charge on any atom is -0.355 e. The minimum atomic E-state index is -3.69. The van der Waals surface area contributed by atoms with Crippen LogP contribution in [-0.2, 0) is 31.3 Å². The largest absolute Gasteiger partial charge is 0.355 e. The predicted octanol–water partition coefficient (Wildman–Crippen LogP) is 2.88. The Morgan fingerprint density at radius 3 is 2.00 bits per heavy atom. The zero-order chi connectivity index (χ0) is 25.1. The number of carbonyl (C=O) groups is 1. The number of halogens is 1. The summed E-state index contributed by atoms with van der Waals surface area (Å²) in [4.78, 5) is 13.2. The van der Waals surface area contributed by atoms with Crippen LogP contribution in [0.1, 0.15) is 31.2 Å². The summed E-state index contributed by atoms with van der Waals surface area (Å²) in [5.74, 6) is -0.590. The van der Waals surface area contributed by atoms with E-state index in [2.05, 4.69) is 5.32 Å². The van der Waals surface area contributed by atoms with Crippen LogP contribution in [0.15, 0.2) is 58.3 Å². The Hall–Kier alpha value is -1.98. The predicted molar refractivity (Wildman–Crippen MR) is 134 cm³/mol. The molecule has 1 amide bonds. The number of nitrogens with one attached hydrogen (secondary N) is 1. The summed E-state index contributed by atoms with van der Waals surface area (Å²) in [6.45, 7) is 2.03. The molecular formula is C24H30ClN3O5S2. The van der Waals surface area contributed by atoms with Crippen molar-refractivity contribution in [1.29, 1.82) is 0 Å². The van der Waals surface area contributed by atoms with E-state index in [0.29, 0.717) is 50.5 Å². The Labute approximate surface area is 212 Å². The standard InChI is InChI=1S/C24H30ClN3O5S2/c25-21-7-11-23(12-8-21)35(32,33)28-17-3-4-20(18-28)24(29)26-14-13-19-5-9-22(10-6-19)34(30,31)27-15-1-2-16-27/h5-12,20H,1-4,13-18H2,(H,26,29)/t20-/m1/s1. The molecule has 0 saturated carbocycles. The van der Waals surface area contributed by atoms with Gasteiger partial charge in [-0.1, -0.05) is 23.7 Å². The van der Waals surface area contributed by atoms with Crippen molar-refractivity contribution < 1.29 is 21.6 Å². The van der Waals surface area contributed by atoms with Crippen molar-refractivity contribution in [2.24, 2.45) is 5.92 Å². The van der Waals surface area contributed by atoms with E-state index in [-0.39, 0.29) is 22.2 Å². The molecule has 0 radical (unpaired) electrons. The summed E-state index contributed by atoms with van der Waals surface area (Å²) in [6.07, 6.45) is 3.57. The molecule has 0 unspecified atom stereocenters. The highest BCUT2D eigenvalue weighted by Gasteiger charge is 2.33. The van der Waals surface area contributed by atoms with Crippen molar-refractivity contribution in [1.82, 2.24) is 13.9 Å². The van der Waals surface area contributed by atoms with Gasteiger partial charge >= 0.3 is 0 Å². The fourth-order valence-corrected chi connectivity index (χ4v) is 7.68. The molecule has 0 aliphatic carbocycles. The molecular weight excluding hydrogens is 510 g/mol. The summed E-state index contributed by atoms with van der Waals surface area (Å²) in [7, 11) is -7.13. The monoisotopic (exact) mass is 539 g/mol. The van der Waals surface area contributed by atoms with Gasteiger partial charge in [0.25, 0.3) is 0 Å². The molecule has 11 heteroatoms. The van der Waals surface area contributed by atoms with E-state index in [0.717, 1.165) is 18.4 Å². The number of hydrogen-bond donors (Lipinski definition) is 1. The minimum absolute atomic E-state index is 0.139. The van der Waals surface area contributed by atoms with Gasteiger partial charge in [-0.25, -0.2) is 16.8 Å². The van der Waals surface area contributed by atoms with Gasteiger partial charge in [0, 0.05) is 37.7 Å². The molecule has 1 N–H and O–H groups in total. The Balaban J connectivity index is 1.29. The average Bonchev–Trinajstić information content (AvgIpc) is 3.41. The molecule has 2 aromatic rings. The van der Waals surface area contributed by atoms with Crippen LogP contribution >= 0.6 is 11.6 Å². The second kappa shape index (κ2) is 11.0. The van der Waals surface area contributed by atoms with Gasteiger partial charge in [-0.15, -0.1) is 0 Å². The number of amides is 1. The Bertz CT molecular complexity index is 1240. The first-order chi connectivity index (χ1) is 16.7. The van der Waals surface area contributed by atoms with E-state index in [1.807, 2.05) is 0 Å². The second-order valence-electron chi connectivity index (χ2n) is 8.95. The van der Waals surface area contributed by atoms with Gasteiger partial charge in [0.05, 0.1) is 15.7 Å². The van der Waals surface area contributed by atoms with Gasteiger partial charge in [-0.2, -0.15) is 8.61 Å². The molecule has 2 heterocycles. The normalized spacial score (nSPS) is 20.1. The van der Waals surface area contributed by atoms with Gasteiger partial charge in [-0.3, -0.25) is 4.79 Å². The highest BCUT2D eigenvalue weighted by atomic mass is 35.5. The summed E-state index contributed by atoms with van der Waals surface area (Å²) in [6, 6.07) is 12.8. The first kappa shape index (κ1) is 26.1. The number of benzene rings is 2. The van der Waals surface area contributed by atoms with Crippen molar-refractivity contribution in [2.75, 3.05) is 32.7 Å². The molecule has 4 rings (SSSR count). The molecule has 1 atom stereocenters. The molecule has 2 aliphatic rings. The second-order valence-corrected chi connectivity index (χ2v) is 13.3. The maximum Gasteiger partial charge on any atom is 0.243 e. The first-order valence-corrected chi connectivity index (χ1v) is 15.1. The Kier molecular flexibility index (Phi) is 8.17. The van der Waals surface area contributed by atoms with E-state index in [1.54, 1.807) is 24.3 Å². The zero-order valence-corrected chi connectivity index (χ0v) is 21.8.